The van der Waals surface area contributed by atoms with Gasteiger partial charge >= 0.3 is 0 Å². The largest absolute Gasteiger partial charge is 0.326 e. The summed E-state index contributed by atoms with van der Waals surface area (Å²) in [6.45, 7) is 0. The van der Waals surface area contributed by atoms with E-state index in [1.807, 2.05) is 0 Å². The van der Waals surface area contributed by atoms with Crippen molar-refractivity contribution < 1.29 is 9.59 Å². The third-order valence-corrected chi connectivity index (χ3v) is 4.67. The monoisotopic (exact) mass is 445 g/mol. The molecule has 0 spiro atoms. The SMILES string of the molecule is O=C(CCCC(=O)Nc1ccc(Cl)c(Cl)c1)N/N=C\c1ccc(Cl)cc1Cl. The molecule has 2 aromatic rings. The number of carbonyl (C=O) groups is 2. The number of hydrazone groups is 1. The Hall–Kier alpha value is -1.79. The van der Waals surface area contributed by atoms with E-state index in [4.69, 9.17) is 46.4 Å². The zero-order chi connectivity index (χ0) is 19.8. The van der Waals surface area contributed by atoms with E-state index in [1.54, 1.807) is 36.4 Å². The summed E-state index contributed by atoms with van der Waals surface area (Å²) in [5.41, 5.74) is 3.56. The Morgan fingerprint density at radius 2 is 1.63 bits per heavy atom. The molecule has 0 aliphatic heterocycles. The maximum atomic E-state index is 11.9. The Morgan fingerprint density at radius 1 is 0.889 bits per heavy atom. The number of rotatable bonds is 7. The molecule has 0 aliphatic rings. The standard InChI is InChI=1S/C18H15Cl4N3O2/c19-12-5-4-11(15(21)8-12)10-23-25-18(27)3-1-2-17(26)24-13-6-7-14(20)16(22)9-13/h4-10H,1-3H2,(H,24,26)(H,25,27)/b23-10-. The van der Waals surface area contributed by atoms with Crippen molar-refractivity contribution in [3.05, 3.63) is 62.1 Å². The summed E-state index contributed by atoms with van der Waals surface area (Å²) < 4.78 is 0. The van der Waals surface area contributed by atoms with Gasteiger partial charge in [-0.05, 0) is 36.8 Å². The van der Waals surface area contributed by atoms with Gasteiger partial charge in [0.15, 0.2) is 0 Å². The van der Waals surface area contributed by atoms with Gasteiger partial charge in [-0.15, -0.1) is 0 Å². The summed E-state index contributed by atoms with van der Waals surface area (Å²) in [5.74, 6) is -0.531. The van der Waals surface area contributed by atoms with Crippen LogP contribution in [0.5, 0.6) is 0 Å². The van der Waals surface area contributed by atoms with Crippen molar-refractivity contribution in [1.82, 2.24) is 5.43 Å². The number of hydrogen-bond donors (Lipinski definition) is 2. The van der Waals surface area contributed by atoms with E-state index in [-0.39, 0.29) is 24.7 Å². The fraction of sp³-hybridized carbons (Fsp3) is 0.167. The van der Waals surface area contributed by atoms with E-state index >= 15 is 0 Å². The number of amides is 2. The molecule has 2 amide bonds. The number of hydrogen-bond acceptors (Lipinski definition) is 3. The lowest BCUT2D eigenvalue weighted by molar-refractivity contribution is -0.121. The Kier molecular flexibility index (Phi) is 8.38. The summed E-state index contributed by atoms with van der Waals surface area (Å²) in [7, 11) is 0. The topological polar surface area (TPSA) is 70.6 Å². The average molecular weight is 447 g/mol. The smallest absolute Gasteiger partial charge is 0.240 e. The molecule has 9 heteroatoms. The molecule has 0 radical (unpaired) electrons. The molecule has 2 rings (SSSR count). The summed E-state index contributed by atoms with van der Waals surface area (Å²) in [6.07, 6.45) is 2.13. The maximum Gasteiger partial charge on any atom is 0.240 e. The maximum absolute atomic E-state index is 11.9. The molecule has 2 aromatic carbocycles. The summed E-state index contributed by atoms with van der Waals surface area (Å²) in [5, 5.41) is 8.23. The Morgan fingerprint density at radius 3 is 2.33 bits per heavy atom. The van der Waals surface area contributed by atoms with Gasteiger partial charge in [0.25, 0.3) is 0 Å². The van der Waals surface area contributed by atoms with Crippen molar-refractivity contribution in [2.75, 3.05) is 5.32 Å². The van der Waals surface area contributed by atoms with E-state index in [0.29, 0.717) is 37.8 Å². The van der Waals surface area contributed by atoms with Crippen molar-refractivity contribution in [2.24, 2.45) is 5.10 Å². The van der Waals surface area contributed by atoms with E-state index in [2.05, 4.69) is 15.8 Å². The molecular formula is C18H15Cl4N3O2. The Bertz CT molecular complexity index is 872. The van der Waals surface area contributed by atoms with Crippen LogP contribution in [0.4, 0.5) is 5.69 Å². The van der Waals surface area contributed by atoms with Gasteiger partial charge in [0.05, 0.1) is 21.3 Å². The lowest BCUT2D eigenvalue weighted by atomic mass is 10.2. The van der Waals surface area contributed by atoms with Crippen LogP contribution in [0, 0.1) is 0 Å². The molecule has 0 unspecified atom stereocenters. The van der Waals surface area contributed by atoms with Crippen LogP contribution >= 0.6 is 46.4 Å². The van der Waals surface area contributed by atoms with E-state index < -0.39 is 0 Å². The molecule has 0 heterocycles. The summed E-state index contributed by atoms with van der Waals surface area (Å²) >= 11 is 23.5. The normalized spacial score (nSPS) is 10.8. The minimum Gasteiger partial charge on any atom is -0.326 e. The molecule has 27 heavy (non-hydrogen) atoms. The fourth-order valence-corrected chi connectivity index (χ4v) is 2.80. The van der Waals surface area contributed by atoms with Crippen LogP contribution in [0.2, 0.25) is 20.1 Å². The third-order valence-electron chi connectivity index (χ3n) is 3.37. The van der Waals surface area contributed by atoms with Crippen molar-refractivity contribution in [3.8, 4) is 0 Å². The zero-order valence-electron chi connectivity index (χ0n) is 13.9. The van der Waals surface area contributed by atoms with E-state index in [0.717, 1.165) is 0 Å². The molecule has 5 nitrogen and oxygen atoms in total. The summed E-state index contributed by atoms with van der Waals surface area (Å²) in [4.78, 5) is 23.6. The van der Waals surface area contributed by atoms with Crippen LogP contribution in [0.3, 0.4) is 0 Å². The first-order valence-corrected chi connectivity index (χ1v) is 9.38. The number of benzene rings is 2. The number of nitrogens with zero attached hydrogens (tertiary/aromatic N) is 1. The van der Waals surface area contributed by atoms with Gasteiger partial charge in [-0.2, -0.15) is 5.10 Å². The molecule has 0 aromatic heterocycles. The molecule has 0 saturated heterocycles. The Labute approximate surface area is 176 Å². The quantitative estimate of drug-likeness (QED) is 0.431. The van der Waals surface area contributed by atoms with Crippen LogP contribution in [-0.2, 0) is 9.59 Å². The van der Waals surface area contributed by atoms with Gasteiger partial charge in [0.1, 0.15) is 0 Å². The van der Waals surface area contributed by atoms with Crippen molar-refractivity contribution in [2.45, 2.75) is 19.3 Å². The van der Waals surface area contributed by atoms with Crippen LogP contribution in [0.1, 0.15) is 24.8 Å². The van der Waals surface area contributed by atoms with Gasteiger partial charge in [-0.25, -0.2) is 5.43 Å². The third kappa shape index (κ3) is 7.39. The molecular weight excluding hydrogens is 432 g/mol. The van der Waals surface area contributed by atoms with Crippen molar-refractivity contribution in [3.63, 3.8) is 0 Å². The zero-order valence-corrected chi connectivity index (χ0v) is 17.0. The van der Waals surface area contributed by atoms with Crippen LogP contribution < -0.4 is 10.7 Å². The first-order valence-electron chi connectivity index (χ1n) is 7.87. The van der Waals surface area contributed by atoms with Crippen LogP contribution in [0.15, 0.2) is 41.5 Å². The molecule has 0 bridgehead atoms. The van der Waals surface area contributed by atoms with Gasteiger partial charge in [0, 0.05) is 29.1 Å². The number of anilines is 1. The first-order chi connectivity index (χ1) is 12.8. The lowest BCUT2D eigenvalue weighted by Gasteiger charge is -2.06. The molecule has 0 aliphatic carbocycles. The summed E-state index contributed by atoms with van der Waals surface area (Å²) in [6, 6.07) is 9.74. The number of carbonyl (C=O) groups excluding carboxylic acids is 2. The molecule has 0 saturated carbocycles. The van der Waals surface area contributed by atoms with Crippen molar-refractivity contribution >= 4 is 70.1 Å². The molecule has 2 N–H and O–H groups in total. The first kappa shape index (κ1) is 21.5. The van der Waals surface area contributed by atoms with Gasteiger partial charge in [-0.3, -0.25) is 9.59 Å². The van der Waals surface area contributed by atoms with Gasteiger partial charge in [-0.1, -0.05) is 52.5 Å². The second-order valence-corrected chi connectivity index (χ2v) is 7.15. The minimum atomic E-state index is -0.307. The predicted octanol–water partition coefficient (Wildman–Crippen LogP) is 5.56. The molecule has 0 fully saturated rings. The highest BCUT2D eigenvalue weighted by Gasteiger charge is 2.07. The highest BCUT2D eigenvalue weighted by molar-refractivity contribution is 6.42. The highest BCUT2D eigenvalue weighted by atomic mass is 35.5. The van der Waals surface area contributed by atoms with E-state index in [9.17, 15) is 9.59 Å². The van der Waals surface area contributed by atoms with Crippen LogP contribution in [-0.4, -0.2) is 18.0 Å². The van der Waals surface area contributed by atoms with Crippen molar-refractivity contribution in [1.29, 1.82) is 0 Å². The predicted molar refractivity (Wildman–Crippen MR) is 111 cm³/mol. The van der Waals surface area contributed by atoms with Gasteiger partial charge < -0.3 is 5.32 Å². The lowest BCUT2D eigenvalue weighted by Crippen LogP contribution is -2.18. The molecule has 0 atom stereocenters. The minimum absolute atomic E-state index is 0.153. The van der Waals surface area contributed by atoms with Gasteiger partial charge in [0.2, 0.25) is 11.8 Å². The second kappa shape index (κ2) is 10.5. The van der Waals surface area contributed by atoms with E-state index in [1.165, 1.54) is 6.21 Å². The fourth-order valence-electron chi connectivity index (χ4n) is 2.04. The number of nitrogens with one attached hydrogen (secondary N) is 2. The number of halogens is 4. The molecule has 142 valence electrons. The Balaban J connectivity index is 1.71. The highest BCUT2D eigenvalue weighted by Crippen LogP contribution is 2.25. The average Bonchev–Trinajstić information content (AvgIpc) is 2.60. The second-order valence-electron chi connectivity index (χ2n) is 5.49. The van der Waals surface area contributed by atoms with Crippen LogP contribution in [0.25, 0.3) is 0 Å².